The number of nitrogens with zero attached hydrogens (tertiary/aromatic N) is 1. The van der Waals surface area contributed by atoms with Crippen LogP contribution in [-0.2, 0) is 11.0 Å². The van der Waals surface area contributed by atoms with E-state index >= 15 is 0 Å². The Bertz CT molecular complexity index is 1410. The molecular weight excluding hydrogens is 443 g/mol. The highest BCUT2D eigenvalue weighted by molar-refractivity contribution is 6.05. The summed E-state index contributed by atoms with van der Waals surface area (Å²) in [4.78, 5) is 31.5. The Morgan fingerprint density at radius 3 is 2.50 bits per heavy atom. The summed E-state index contributed by atoms with van der Waals surface area (Å²) in [5.41, 5.74) is 1.72. The Morgan fingerprint density at radius 1 is 0.971 bits per heavy atom. The lowest BCUT2D eigenvalue weighted by atomic mass is 9.79. The minimum Gasteiger partial charge on any atom is -0.361 e. The Balaban J connectivity index is 1.61. The second kappa shape index (κ2) is 8.06. The van der Waals surface area contributed by atoms with Gasteiger partial charge in [-0.05, 0) is 35.9 Å². The summed E-state index contributed by atoms with van der Waals surface area (Å²) in [6.07, 6.45) is -2.75. The number of para-hydroxylation sites is 1. The minimum absolute atomic E-state index is 0.0366. The molecule has 0 saturated heterocycles. The monoisotopic (exact) mass is 463 g/mol. The van der Waals surface area contributed by atoms with Gasteiger partial charge >= 0.3 is 6.18 Å². The molecule has 8 heteroatoms. The quantitative estimate of drug-likeness (QED) is 0.407. The summed E-state index contributed by atoms with van der Waals surface area (Å²) in [6.45, 7) is 0. The molecule has 2 amide bonds. The maximum absolute atomic E-state index is 13.6. The topological polar surface area (TPSA) is 65.2 Å². The number of hydrogen-bond donors (Lipinski definition) is 2. The second-order valence-electron chi connectivity index (χ2n) is 8.28. The number of benzene rings is 3. The van der Waals surface area contributed by atoms with E-state index in [-0.39, 0.29) is 11.6 Å². The molecule has 0 saturated carbocycles. The molecule has 2 heterocycles. The summed E-state index contributed by atoms with van der Waals surface area (Å²) in [7, 11) is 1.63. The van der Waals surface area contributed by atoms with Crippen LogP contribution in [-0.4, -0.2) is 28.7 Å². The molecule has 0 fully saturated rings. The zero-order valence-corrected chi connectivity index (χ0v) is 18.1. The molecule has 34 heavy (non-hydrogen) atoms. The standard InChI is InChI=1S/C26H20F3N3O2/c1-32-23(20-14-30-21-12-5-4-9-17(20)21)22(18-10-2-3-11-19(18)25(32)34)24(33)31-16-8-6-7-15(13-16)26(27,28)29/h2-14,22-23,30H,1H3,(H,31,33). The summed E-state index contributed by atoms with van der Waals surface area (Å²) in [6, 6.07) is 18.3. The maximum atomic E-state index is 13.6. The van der Waals surface area contributed by atoms with Gasteiger partial charge in [0.1, 0.15) is 0 Å². The van der Waals surface area contributed by atoms with Crippen LogP contribution in [0.1, 0.15) is 39.0 Å². The number of aromatic nitrogens is 1. The highest BCUT2D eigenvalue weighted by Gasteiger charge is 2.43. The van der Waals surface area contributed by atoms with Gasteiger partial charge in [0.15, 0.2) is 0 Å². The van der Waals surface area contributed by atoms with Gasteiger partial charge in [-0.15, -0.1) is 0 Å². The van der Waals surface area contributed by atoms with E-state index in [1.54, 1.807) is 37.5 Å². The second-order valence-corrected chi connectivity index (χ2v) is 8.28. The largest absolute Gasteiger partial charge is 0.416 e. The molecule has 172 valence electrons. The minimum atomic E-state index is -4.53. The van der Waals surface area contributed by atoms with Crippen molar-refractivity contribution < 1.29 is 22.8 Å². The fourth-order valence-electron chi connectivity index (χ4n) is 4.68. The van der Waals surface area contributed by atoms with Gasteiger partial charge in [0.05, 0.1) is 17.5 Å². The van der Waals surface area contributed by atoms with E-state index in [2.05, 4.69) is 10.3 Å². The molecule has 0 aliphatic carbocycles. The third-order valence-corrected chi connectivity index (χ3v) is 6.26. The number of carbonyl (C=O) groups excluding carboxylic acids is 2. The smallest absolute Gasteiger partial charge is 0.361 e. The first-order valence-electron chi connectivity index (χ1n) is 10.7. The fraction of sp³-hybridized carbons (Fsp3) is 0.154. The van der Waals surface area contributed by atoms with Gasteiger partial charge in [-0.3, -0.25) is 9.59 Å². The van der Waals surface area contributed by atoms with Gasteiger partial charge in [0.25, 0.3) is 5.91 Å². The van der Waals surface area contributed by atoms with Gasteiger partial charge in [-0.2, -0.15) is 13.2 Å². The number of H-pyrrole nitrogens is 1. The summed E-state index contributed by atoms with van der Waals surface area (Å²) >= 11 is 0. The van der Waals surface area contributed by atoms with Gasteiger partial charge < -0.3 is 15.2 Å². The molecular formula is C26H20F3N3O2. The van der Waals surface area contributed by atoms with Crippen molar-refractivity contribution in [1.82, 2.24) is 9.88 Å². The Morgan fingerprint density at radius 2 is 1.71 bits per heavy atom. The van der Waals surface area contributed by atoms with Crippen LogP contribution in [0, 0.1) is 0 Å². The number of likely N-dealkylation sites (N-methyl/N-ethyl adjacent to an activating group) is 1. The molecule has 1 aliphatic rings. The van der Waals surface area contributed by atoms with E-state index in [9.17, 15) is 22.8 Å². The van der Waals surface area contributed by atoms with E-state index in [0.717, 1.165) is 28.6 Å². The van der Waals surface area contributed by atoms with Crippen molar-refractivity contribution in [3.05, 3.63) is 101 Å². The SMILES string of the molecule is CN1C(=O)c2ccccc2C(C(=O)Nc2cccc(C(F)(F)F)c2)C1c1c[nH]c2ccccc12. The maximum Gasteiger partial charge on any atom is 0.416 e. The molecule has 0 spiro atoms. The highest BCUT2D eigenvalue weighted by atomic mass is 19.4. The van der Waals surface area contributed by atoms with Crippen LogP contribution >= 0.6 is 0 Å². The van der Waals surface area contributed by atoms with Crippen molar-refractivity contribution >= 4 is 28.4 Å². The van der Waals surface area contributed by atoms with Crippen LogP contribution in [0.5, 0.6) is 0 Å². The zero-order valence-electron chi connectivity index (χ0n) is 18.1. The lowest BCUT2D eigenvalue weighted by molar-refractivity contribution is -0.137. The molecule has 1 aliphatic heterocycles. The Kier molecular flexibility index (Phi) is 5.16. The van der Waals surface area contributed by atoms with Crippen LogP contribution in [0.2, 0.25) is 0 Å². The van der Waals surface area contributed by atoms with E-state index < -0.39 is 29.6 Å². The number of rotatable bonds is 3. The first-order valence-corrected chi connectivity index (χ1v) is 10.7. The number of carbonyl (C=O) groups is 2. The van der Waals surface area contributed by atoms with E-state index in [1.807, 2.05) is 24.3 Å². The van der Waals surface area contributed by atoms with Crippen molar-refractivity contribution in [3.8, 4) is 0 Å². The number of hydrogen-bond acceptors (Lipinski definition) is 2. The predicted molar refractivity (Wildman–Crippen MR) is 122 cm³/mol. The Hall–Kier alpha value is -4.07. The molecule has 0 radical (unpaired) electrons. The molecule has 5 nitrogen and oxygen atoms in total. The van der Waals surface area contributed by atoms with Crippen LogP contribution < -0.4 is 5.32 Å². The third kappa shape index (κ3) is 3.61. The van der Waals surface area contributed by atoms with Gasteiger partial charge in [-0.25, -0.2) is 0 Å². The fourth-order valence-corrected chi connectivity index (χ4v) is 4.68. The van der Waals surface area contributed by atoms with Crippen molar-refractivity contribution in [2.75, 3.05) is 12.4 Å². The first kappa shape index (κ1) is 21.8. The van der Waals surface area contributed by atoms with Crippen LogP contribution in [0.3, 0.4) is 0 Å². The first-order chi connectivity index (χ1) is 16.3. The summed E-state index contributed by atoms with van der Waals surface area (Å²) < 4.78 is 39.6. The van der Waals surface area contributed by atoms with Crippen LogP contribution in [0.4, 0.5) is 18.9 Å². The lowest BCUT2D eigenvalue weighted by Gasteiger charge is -2.39. The number of nitrogens with one attached hydrogen (secondary N) is 2. The number of halogens is 3. The van der Waals surface area contributed by atoms with E-state index in [4.69, 9.17) is 0 Å². The predicted octanol–water partition coefficient (Wildman–Crippen LogP) is 5.74. The molecule has 3 aromatic carbocycles. The van der Waals surface area contributed by atoms with E-state index in [0.29, 0.717) is 11.1 Å². The van der Waals surface area contributed by atoms with Crippen LogP contribution in [0.25, 0.3) is 10.9 Å². The van der Waals surface area contributed by atoms with Gasteiger partial charge in [0, 0.05) is 41.0 Å². The number of amides is 2. The number of alkyl halides is 3. The molecule has 4 aromatic rings. The Labute approximate surface area is 193 Å². The van der Waals surface area contributed by atoms with Crippen LogP contribution in [0.15, 0.2) is 79.0 Å². The van der Waals surface area contributed by atoms with Crippen molar-refractivity contribution in [1.29, 1.82) is 0 Å². The number of fused-ring (bicyclic) bond motifs is 2. The molecule has 2 N–H and O–H groups in total. The average molecular weight is 463 g/mol. The summed E-state index contributed by atoms with van der Waals surface area (Å²) in [5, 5.41) is 3.52. The molecule has 0 bridgehead atoms. The van der Waals surface area contributed by atoms with Crippen molar-refractivity contribution in [2.45, 2.75) is 18.1 Å². The third-order valence-electron chi connectivity index (χ3n) is 6.26. The van der Waals surface area contributed by atoms with E-state index in [1.165, 1.54) is 17.0 Å². The molecule has 2 unspecified atom stereocenters. The van der Waals surface area contributed by atoms with Crippen molar-refractivity contribution in [2.24, 2.45) is 0 Å². The number of anilines is 1. The normalized spacial score (nSPS) is 18.1. The number of aromatic amines is 1. The highest BCUT2D eigenvalue weighted by Crippen LogP contribution is 2.44. The van der Waals surface area contributed by atoms with Gasteiger partial charge in [0.2, 0.25) is 5.91 Å². The lowest BCUT2D eigenvalue weighted by Crippen LogP contribution is -2.44. The summed E-state index contributed by atoms with van der Waals surface area (Å²) in [5.74, 6) is -1.57. The molecule has 5 rings (SSSR count). The average Bonchev–Trinajstić information content (AvgIpc) is 3.24. The van der Waals surface area contributed by atoms with Gasteiger partial charge in [-0.1, -0.05) is 42.5 Å². The molecule has 1 aromatic heterocycles. The zero-order chi connectivity index (χ0) is 24.0. The molecule has 2 atom stereocenters. The van der Waals surface area contributed by atoms with Crippen molar-refractivity contribution in [3.63, 3.8) is 0 Å².